The van der Waals surface area contributed by atoms with Gasteiger partial charge in [0.05, 0.1) is 13.2 Å². The summed E-state index contributed by atoms with van der Waals surface area (Å²) in [5, 5.41) is 0. The number of carbonyl (C=O) groups excluding carboxylic acids is 2. The minimum Gasteiger partial charge on any atom is -0.379 e. The molecule has 2 saturated heterocycles. The Morgan fingerprint density at radius 3 is 1.88 bits per heavy atom. The van der Waals surface area contributed by atoms with E-state index in [-0.39, 0.29) is 6.41 Å². The van der Waals surface area contributed by atoms with Crippen molar-refractivity contribution in [2.45, 2.75) is 25.3 Å². The molecule has 0 saturated carbocycles. The van der Waals surface area contributed by atoms with E-state index < -0.39 is 0 Å². The van der Waals surface area contributed by atoms with Gasteiger partial charge in [-0.25, -0.2) is 4.31 Å². The molecule has 0 aliphatic carbocycles. The van der Waals surface area contributed by atoms with E-state index in [1.807, 2.05) is 30.7 Å². The lowest BCUT2D eigenvalue weighted by atomic mass is 10.0. The second-order valence-corrected chi connectivity index (χ2v) is 8.58. The van der Waals surface area contributed by atoms with Crippen LogP contribution in [-0.2, 0) is 20.9 Å². The zero-order valence-corrected chi connectivity index (χ0v) is 20.5. The number of benzene rings is 2. The molecule has 180 valence electrons. The molecule has 0 aromatic heterocycles. The van der Waals surface area contributed by atoms with E-state index in [0.717, 1.165) is 65.4 Å². The highest BCUT2D eigenvalue weighted by Gasteiger charge is 2.15. The molecule has 2 aliphatic heterocycles. The summed E-state index contributed by atoms with van der Waals surface area (Å²) in [6.45, 7) is 12.1. The van der Waals surface area contributed by atoms with Gasteiger partial charge in [-0.2, -0.15) is 0 Å². The summed E-state index contributed by atoms with van der Waals surface area (Å²) in [5.41, 5.74) is 7.98. The fourth-order valence-electron chi connectivity index (χ4n) is 3.58. The second kappa shape index (κ2) is 15.4. The molecule has 2 N–H and O–H groups in total. The summed E-state index contributed by atoms with van der Waals surface area (Å²) in [6, 6.07) is 17.7. The summed E-state index contributed by atoms with van der Waals surface area (Å²) >= 11 is 1.81. The first-order chi connectivity index (χ1) is 16.2. The number of primary amides is 1. The predicted octanol–water partition coefficient (Wildman–Crippen LogP) is 3.09. The van der Waals surface area contributed by atoms with E-state index in [1.165, 1.54) is 21.6 Å². The van der Waals surface area contributed by atoms with Gasteiger partial charge >= 0.3 is 0 Å². The Kier molecular flexibility index (Phi) is 12.6. The first kappa shape index (κ1) is 26.9. The van der Waals surface area contributed by atoms with Crippen molar-refractivity contribution in [3.05, 3.63) is 54.1 Å². The van der Waals surface area contributed by atoms with E-state index >= 15 is 0 Å². The number of carbonyl (C=O) groups is 2. The highest BCUT2D eigenvalue weighted by atomic mass is 32.2. The average molecular weight is 473 g/mol. The molecule has 8 heteroatoms. The van der Waals surface area contributed by atoms with Crippen molar-refractivity contribution >= 4 is 24.8 Å². The number of nitrogens with zero attached hydrogens (tertiary/aromatic N) is 3. The Bertz CT molecular complexity index is 803. The van der Waals surface area contributed by atoms with Crippen LogP contribution in [-0.4, -0.2) is 79.4 Å². The molecule has 2 aromatic rings. The van der Waals surface area contributed by atoms with Crippen molar-refractivity contribution in [2.75, 3.05) is 52.5 Å². The molecule has 0 spiro atoms. The van der Waals surface area contributed by atoms with Crippen molar-refractivity contribution in [3.63, 3.8) is 0 Å². The molecule has 0 bridgehead atoms. The molecule has 0 atom stereocenters. The van der Waals surface area contributed by atoms with Gasteiger partial charge < -0.3 is 15.4 Å². The van der Waals surface area contributed by atoms with Crippen LogP contribution in [0.1, 0.15) is 19.4 Å². The standard InChI is InChI=1S/C22H27N3O2S.C2H6.CH3NO/c26-18-24-11-9-23(10-12-24)17-19-1-3-20(4-2-19)21-5-7-22(8-6-21)28-25-13-15-27-16-14-25;1-2;2-1-3/h1-8,18H,9-17H2;1-2H3;1H,(H2,2,3). The predicted molar refractivity (Wildman–Crippen MR) is 135 cm³/mol. The molecule has 0 unspecified atom stereocenters. The molecule has 7 nitrogen and oxygen atoms in total. The first-order valence-corrected chi connectivity index (χ1v) is 12.3. The van der Waals surface area contributed by atoms with Gasteiger partial charge in [0, 0.05) is 50.7 Å². The third kappa shape index (κ3) is 9.17. The molecular formula is C25H36N4O3S. The van der Waals surface area contributed by atoms with Gasteiger partial charge in [0.2, 0.25) is 12.8 Å². The van der Waals surface area contributed by atoms with Crippen LogP contribution in [0.2, 0.25) is 0 Å². The van der Waals surface area contributed by atoms with E-state index in [2.05, 4.69) is 63.5 Å². The highest BCUT2D eigenvalue weighted by Crippen LogP contribution is 2.27. The lowest BCUT2D eigenvalue weighted by Gasteiger charge is -2.32. The van der Waals surface area contributed by atoms with Crippen LogP contribution in [0.15, 0.2) is 53.4 Å². The van der Waals surface area contributed by atoms with Gasteiger partial charge in [-0.15, -0.1) is 0 Å². The van der Waals surface area contributed by atoms with E-state index in [1.54, 1.807) is 0 Å². The topological polar surface area (TPSA) is 79.1 Å². The van der Waals surface area contributed by atoms with Crippen LogP contribution < -0.4 is 5.73 Å². The van der Waals surface area contributed by atoms with Gasteiger partial charge in [0.15, 0.2) is 0 Å². The zero-order valence-electron chi connectivity index (χ0n) is 19.7. The zero-order chi connectivity index (χ0) is 23.9. The number of rotatable bonds is 6. The largest absolute Gasteiger partial charge is 0.379 e. The first-order valence-electron chi connectivity index (χ1n) is 11.5. The monoisotopic (exact) mass is 472 g/mol. The van der Waals surface area contributed by atoms with Crippen molar-refractivity contribution < 1.29 is 14.3 Å². The van der Waals surface area contributed by atoms with E-state index in [4.69, 9.17) is 9.53 Å². The minimum atomic E-state index is 0.250. The molecule has 4 rings (SSSR count). The van der Waals surface area contributed by atoms with Gasteiger partial charge in [-0.05, 0) is 40.8 Å². The fourth-order valence-corrected chi connectivity index (χ4v) is 4.47. The molecule has 33 heavy (non-hydrogen) atoms. The Hall–Kier alpha value is -2.39. The average Bonchev–Trinajstić information content (AvgIpc) is 2.88. The summed E-state index contributed by atoms with van der Waals surface area (Å²) in [6.07, 6.45) is 1.21. The van der Waals surface area contributed by atoms with Crippen LogP contribution >= 0.6 is 11.9 Å². The van der Waals surface area contributed by atoms with E-state index in [0.29, 0.717) is 0 Å². The molecular weight excluding hydrogens is 436 g/mol. The molecule has 2 fully saturated rings. The number of amides is 2. The lowest BCUT2D eigenvalue weighted by molar-refractivity contribution is -0.119. The number of morpholine rings is 1. The van der Waals surface area contributed by atoms with Crippen LogP contribution in [0.25, 0.3) is 11.1 Å². The van der Waals surface area contributed by atoms with Crippen LogP contribution in [0.4, 0.5) is 0 Å². The maximum Gasteiger partial charge on any atom is 0.209 e. The number of ether oxygens (including phenoxy) is 1. The molecule has 2 aliphatic rings. The van der Waals surface area contributed by atoms with Crippen LogP contribution in [0, 0.1) is 0 Å². The number of hydrogen-bond donors (Lipinski definition) is 1. The van der Waals surface area contributed by atoms with Gasteiger partial charge in [-0.3, -0.25) is 14.5 Å². The molecule has 2 amide bonds. The summed E-state index contributed by atoms with van der Waals surface area (Å²) < 4.78 is 7.77. The van der Waals surface area contributed by atoms with E-state index in [9.17, 15) is 4.79 Å². The SMILES string of the molecule is CC.NC=O.O=CN1CCN(Cc2ccc(-c3ccc(SN4CCOCC4)cc3)cc2)CC1. The third-order valence-corrected chi connectivity index (χ3v) is 6.41. The Morgan fingerprint density at radius 2 is 1.36 bits per heavy atom. The maximum absolute atomic E-state index is 10.8. The summed E-state index contributed by atoms with van der Waals surface area (Å²) in [4.78, 5) is 24.9. The van der Waals surface area contributed by atoms with Crippen molar-refractivity contribution in [3.8, 4) is 11.1 Å². The fraction of sp³-hybridized carbons (Fsp3) is 0.440. The number of hydrogen-bond acceptors (Lipinski definition) is 6. The molecule has 0 radical (unpaired) electrons. The summed E-state index contributed by atoms with van der Waals surface area (Å²) in [7, 11) is 0. The van der Waals surface area contributed by atoms with Gasteiger partial charge in [0.25, 0.3) is 0 Å². The van der Waals surface area contributed by atoms with Crippen molar-refractivity contribution in [1.82, 2.24) is 14.1 Å². The van der Waals surface area contributed by atoms with Crippen molar-refractivity contribution in [1.29, 1.82) is 0 Å². The van der Waals surface area contributed by atoms with Crippen LogP contribution in [0.5, 0.6) is 0 Å². The number of piperazine rings is 1. The van der Waals surface area contributed by atoms with Crippen LogP contribution in [0.3, 0.4) is 0 Å². The molecule has 2 aromatic carbocycles. The minimum absolute atomic E-state index is 0.250. The molecule has 2 heterocycles. The number of nitrogens with two attached hydrogens (primary N) is 1. The maximum atomic E-state index is 10.8. The quantitative estimate of drug-likeness (QED) is 0.514. The summed E-state index contributed by atoms with van der Waals surface area (Å²) in [5.74, 6) is 0. The smallest absolute Gasteiger partial charge is 0.209 e. The van der Waals surface area contributed by atoms with Crippen molar-refractivity contribution in [2.24, 2.45) is 5.73 Å². The van der Waals surface area contributed by atoms with Gasteiger partial charge in [0.1, 0.15) is 0 Å². The Labute approximate surface area is 202 Å². The lowest BCUT2D eigenvalue weighted by Crippen LogP contribution is -2.45. The van der Waals surface area contributed by atoms with Gasteiger partial charge in [-0.1, -0.05) is 50.2 Å². The second-order valence-electron chi connectivity index (χ2n) is 7.41. The normalized spacial score (nSPS) is 16.6. The third-order valence-electron chi connectivity index (χ3n) is 5.31. The Balaban J connectivity index is 0.000000714. The highest BCUT2D eigenvalue weighted by molar-refractivity contribution is 7.97. The Morgan fingerprint density at radius 1 is 0.848 bits per heavy atom.